The lowest BCUT2D eigenvalue weighted by Gasteiger charge is -2.02. The lowest BCUT2D eigenvalue weighted by atomic mass is 10.0. The van der Waals surface area contributed by atoms with Crippen molar-refractivity contribution in [1.82, 2.24) is 0 Å². The van der Waals surface area contributed by atoms with E-state index in [1.165, 1.54) is 134 Å². The molecular formula is C34H62O4. The Labute approximate surface area is 236 Å². The Balaban J connectivity index is 3.39. The highest BCUT2D eigenvalue weighted by molar-refractivity contribution is 5.82. The molecule has 0 rings (SSSR count). The smallest absolute Gasteiger partial charge is 0.247 e. The Bertz CT molecular complexity index is 567. The number of hydrogen-bond donors (Lipinski definition) is 0. The molecular weight excluding hydrogens is 472 g/mol. The van der Waals surface area contributed by atoms with Crippen molar-refractivity contribution >= 4 is 11.9 Å². The standard InChI is InChI=1S/C34H62O4/c1-3-5-7-9-11-13-15-17-19-21-23-25-27-29-31-33(35)37-38-34(36)32-30-28-26-24-22-20-18-16-14-12-10-8-6-4-2/h13,15,30,32H,3-12,14,16-29,31H2,1-2H3/b15-13+,32-30+. The number of unbranched alkanes of at least 4 members (excludes halogenated alkanes) is 22. The van der Waals surface area contributed by atoms with Crippen molar-refractivity contribution in [2.45, 2.75) is 181 Å². The van der Waals surface area contributed by atoms with E-state index >= 15 is 0 Å². The van der Waals surface area contributed by atoms with Gasteiger partial charge in [0.25, 0.3) is 0 Å². The third kappa shape index (κ3) is 30.6. The molecule has 0 bridgehead atoms. The van der Waals surface area contributed by atoms with Crippen molar-refractivity contribution in [1.29, 1.82) is 0 Å². The van der Waals surface area contributed by atoms with E-state index in [2.05, 4.69) is 35.8 Å². The molecule has 0 fully saturated rings. The van der Waals surface area contributed by atoms with E-state index in [1.807, 2.05) is 6.08 Å². The zero-order valence-electron chi connectivity index (χ0n) is 25.3. The molecule has 0 N–H and O–H groups in total. The highest BCUT2D eigenvalue weighted by Gasteiger charge is 2.07. The van der Waals surface area contributed by atoms with Gasteiger partial charge in [0.15, 0.2) is 0 Å². The lowest BCUT2D eigenvalue weighted by Crippen LogP contribution is -2.09. The van der Waals surface area contributed by atoms with Crippen molar-refractivity contribution in [2.75, 3.05) is 0 Å². The van der Waals surface area contributed by atoms with Crippen molar-refractivity contribution in [2.24, 2.45) is 0 Å². The Hall–Kier alpha value is -1.58. The van der Waals surface area contributed by atoms with E-state index in [4.69, 9.17) is 0 Å². The van der Waals surface area contributed by atoms with Crippen LogP contribution in [0.15, 0.2) is 24.3 Å². The fourth-order valence-corrected chi connectivity index (χ4v) is 4.60. The van der Waals surface area contributed by atoms with Crippen LogP contribution < -0.4 is 0 Å². The topological polar surface area (TPSA) is 52.6 Å². The van der Waals surface area contributed by atoms with Crippen LogP contribution >= 0.6 is 0 Å². The molecule has 0 heterocycles. The van der Waals surface area contributed by atoms with E-state index in [-0.39, 0.29) is 0 Å². The summed E-state index contributed by atoms with van der Waals surface area (Å²) in [5.74, 6) is -1.07. The first-order valence-corrected chi connectivity index (χ1v) is 16.4. The highest BCUT2D eigenvalue weighted by Crippen LogP contribution is 2.13. The van der Waals surface area contributed by atoms with E-state index in [0.717, 1.165) is 32.1 Å². The Morgan fingerprint density at radius 3 is 1.29 bits per heavy atom. The van der Waals surface area contributed by atoms with Gasteiger partial charge in [0.1, 0.15) is 0 Å². The van der Waals surface area contributed by atoms with E-state index in [1.54, 1.807) is 0 Å². The molecule has 0 aliphatic heterocycles. The molecule has 0 amide bonds. The predicted octanol–water partition coefficient (Wildman–Crippen LogP) is 11.3. The van der Waals surface area contributed by atoms with Crippen molar-refractivity contribution < 1.29 is 19.4 Å². The number of allylic oxidation sites excluding steroid dienone is 3. The summed E-state index contributed by atoms with van der Waals surface area (Å²) in [6.45, 7) is 4.51. The van der Waals surface area contributed by atoms with Crippen molar-refractivity contribution in [3.63, 3.8) is 0 Å². The molecule has 0 saturated carbocycles. The number of rotatable bonds is 28. The Morgan fingerprint density at radius 2 is 0.816 bits per heavy atom. The van der Waals surface area contributed by atoms with Gasteiger partial charge in [-0.25, -0.2) is 19.4 Å². The molecule has 0 aliphatic carbocycles. The van der Waals surface area contributed by atoms with Gasteiger partial charge in [0.05, 0.1) is 6.42 Å². The lowest BCUT2D eigenvalue weighted by molar-refractivity contribution is -0.255. The van der Waals surface area contributed by atoms with Crippen molar-refractivity contribution in [3.8, 4) is 0 Å². The summed E-state index contributed by atoms with van der Waals surface area (Å²) >= 11 is 0. The summed E-state index contributed by atoms with van der Waals surface area (Å²) in [4.78, 5) is 32.7. The van der Waals surface area contributed by atoms with Crippen LogP contribution in [0.25, 0.3) is 0 Å². The quantitative estimate of drug-likeness (QED) is 0.0329. The molecule has 0 atom stereocenters. The monoisotopic (exact) mass is 534 g/mol. The van der Waals surface area contributed by atoms with Crippen LogP contribution in [0.3, 0.4) is 0 Å². The van der Waals surface area contributed by atoms with Gasteiger partial charge in [-0.1, -0.05) is 148 Å². The first-order chi connectivity index (χ1) is 18.7. The molecule has 4 nitrogen and oxygen atoms in total. The zero-order valence-corrected chi connectivity index (χ0v) is 25.3. The van der Waals surface area contributed by atoms with Gasteiger partial charge in [0, 0.05) is 6.08 Å². The van der Waals surface area contributed by atoms with Gasteiger partial charge in [-0.3, -0.25) is 0 Å². The third-order valence-electron chi connectivity index (χ3n) is 7.09. The number of hydrogen-bond acceptors (Lipinski definition) is 4. The normalized spacial score (nSPS) is 11.5. The predicted molar refractivity (Wildman–Crippen MR) is 162 cm³/mol. The number of carbonyl (C=O) groups is 2. The van der Waals surface area contributed by atoms with Crippen LogP contribution in [0.2, 0.25) is 0 Å². The summed E-state index contributed by atoms with van der Waals surface area (Å²) < 4.78 is 0. The molecule has 222 valence electrons. The van der Waals surface area contributed by atoms with Crippen LogP contribution in [-0.2, 0) is 19.4 Å². The second-order valence-electron chi connectivity index (χ2n) is 10.9. The third-order valence-corrected chi connectivity index (χ3v) is 7.09. The van der Waals surface area contributed by atoms with Gasteiger partial charge in [0.2, 0.25) is 0 Å². The zero-order chi connectivity index (χ0) is 27.8. The van der Waals surface area contributed by atoms with Crippen LogP contribution in [-0.4, -0.2) is 11.9 Å². The van der Waals surface area contributed by atoms with E-state index < -0.39 is 11.9 Å². The molecule has 0 aromatic carbocycles. The molecule has 0 unspecified atom stereocenters. The first-order valence-electron chi connectivity index (χ1n) is 16.4. The summed E-state index contributed by atoms with van der Waals surface area (Å²) in [7, 11) is 0. The Kier molecular flexibility index (Phi) is 30.3. The maximum atomic E-state index is 11.7. The SMILES string of the molecule is CCCCCC/C=C/CCCCCCCCC(=O)OOC(=O)/C=C/CCCCCCCCCCCCCC. The Morgan fingerprint density at radius 1 is 0.447 bits per heavy atom. The second-order valence-corrected chi connectivity index (χ2v) is 10.9. The molecule has 0 aromatic rings. The van der Waals surface area contributed by atoms with Crippen LogP contribution in [0.4, 0.5) is 0 Å². The molecule has 0 spiro atoms. The van der Waals surface area contributed by atoms with E-state index in [0.29, 0.717) is 6.42 Å². The molecule has 0 radical (unpaired) electrons. The highest BCUT2D eigenvalue weighted by atomic mass is 17.2. The van der Waals surface area contributed by atoms with Gasteiger partial charge >= 0.3 is 11.9 Å². The fraction of sp³-hybridized carbons (Fsp3) is 0.824. The minimum absolute atomic E-state index is 0.302. The molecule has 0 aliphatic rings. The summed E-state index contributed by atoms with van der Waals surface area (Å²) in [5, 5.41) is 0. The molecule has 4 heteroatoms. The minimum Gasteiger partial charge on any atom is -0.247 e. The van der Waals surface area contributed by atoms with Gasteiger partial charge in [-0.15, -0.1) is 0 Å². The molecule has 38 heavy (non-hydrogen) atoms. The van der Waals surface area contributed by atoms with Gasteiger partial charge in [-0.05, 0) is 44.9 Å². The number of carbonyl (C=O) groups excluding carboxylic acids is 2. The maximum absolute atomic E-state index is 11.7. The fourth-order valence-electron chi connectivity index (χ4n) is 4.60. The maximum Gasteiger partial charge on any atom is 0.378 e. The second kappa shape index (κ2) is 31.6. The average molecular weight is 535 g/mol. The van der Waals surface area contributed by atoms with Gasteiger partial charge in [-0.2, -0.15) is 0 Å². The minimum atomic E-state index is -0.604. The van der Waals surface area contributed by atoms with Crippen LogP contribution in [0.5, 0.6) is 0 Å². The molecule has 0 aromatic heterocycles. The van der Waals surface area contributed by atoms with Gasteiger partial charge < -0.3 is 0 Å². The van der Waals surface area contributed by atoms with Crippen LogP contribution in [0, 0.1) is 0 Å². The summed E-state index contributed by atoms with van der Waals surface area (Å²) in [5.41, 5.74) is 0. The first kappa shape index (κ1) is 36.4. The van der Waals surface area contributed by atoms with Crippen molar-refractivity contribution in [3.05, 3.63) is 24.3 Å². The summed E-state index contributed by atoms with van der Waals surface area (Å²) in [6, 6.07) is 0. The van der Waals surface area contributed by atoms with E-state index in [9.17, 15) is 9.59 Å². The van der Waals surface area contributed by atoms with Crippen LogP contribution in [0.1, 0.15) is 181 Å². The largest absolute Gasteiger partial charge is 0.378 e. The average Bonchev–Trinajstić information content (AvgIpc) is 2.92. The summed E-state index contributed by atoms with van der Waals surface area (Å²) in [6.07, 6.45) is 39.2. The molecule has 0 saturated heterocycles.